The zero-order valence-electron chi connectivity index (χ0n) is 13.4. The summed E-state index contributed by atoms with van der Waals surface area (Å²) in [5.74, 6) is -2.67. The molecule has 0 radical (unpaired) electrons. The summed E-state index contributed by atoms with van der Waals surface area (Å²) in [5, 5.41) is 11.4. The number of nitrogens with zero attached hydrogens (tertiary/aromatic N) is 2. The van der Waals surface area contributed by atoms with E-state index in [9.17, 15) is 22.0 Å². The molecule has 136 valence electrons. The third-order valence-electron chi connectivity index (χ3n) is 3.03. The lowest BCUT2D eigenvalue weighted by molar-refractivity contribution is -0.116. The van der Waals surface area contributed by atoms with Gasteiger partial charge in [-0.3, -0.25) is 4.79 Å². The Labute approximate surface area is 147 Å². The van der Waals surface area contributed by atoms with E-state index in [4.69, 9.17) is 0 Å². The van der Waals surface area contributed by atoms with Crippen molar-refractivity contribution in [1.29, 1.82) is 0 Å². The van der Waals surface area contributed by atoms with Gasteiger partial charge >= 0.3 is 0 Å². The van der Waals surface area contributed by atoms with Crippen molar-refractivity contribution in [2.24, 2.45) is 0 Å². The summed E-state index contributed by atoms with van der Waals surface area (Å²) >= 11 is 1.24. The fourth-order valence-corrected chi connectivity index (χ4v) is 3.53. The maximum Gasteiger partial charge on any atom is 0.240 e. The van der Waals surface area contributed by atoms with E-state index in [-0.39, 0.29) is 18.9 Å². The molecule has 2 N–H and O–H groups in total. The molecule has 0 spiro atoms. The first-order chi connectivity index (χ1) is 11.7. The summed E-state index contributed by atoms with van der Waals surface area (Å²) in [6.07, 6.45) is -0.153. The number of sulfonamides is 1. The number of halogens is 2. The quantitative estimate of drug-likeness (QED) is 0.755. The van der Waals surface area contributed by atoms with Gasteiger partial charge in [0.2, 0.25) is 21.1 Å². The topological polar surface area (TPSA) is 101 Å². The highest BCUT2D eigenvalue weighted by atomic mass is 32.2. The van der Waals surface area contributed by atoms with Crippen molar-refractivity contribution < 1.29 is 22.0 Å². The summed E-state index contributed by atoms with van der Waals surface area (Å²) < 4.78 is 52.0. The van der Waals surface area contributed by atoms with Gasteiger partial charge in [0, 0.05) is 18.9 Å². The Morgan fingerprint density at radius 3 is 2.56 bits per heavy atom. The largest absolute Gasteiger partial charge is 0.300 e. The first kappa shape index (κ1) is 19.3. The summed E-state index contributed by atoms with van der Waals surface area (Å²) in [6, 6.07) is 2.24. The molecule has 0 fully saturated rings. The van der Waals surface area contributed by atoms with E-state index in [0.717, 1.165) is 17.1 Å². The molecule has 2 rings (SSSR count). The third kappa shape index (κ3) is 5.25. The lowest BCUT2D eigenvalue weighted by atomic mass is 10.2. The number of nitrogens with one attached hydrogen (secondary N) is 2. The van der Waals surface area contributed by atoms with Gasteiger partial charge in [-0.25, -0.2) is 21.9 Å². The van der Waals surface area contributed by atoms with E-state index in [2.05, 4.69) is 20.2 Å². The molecular weight excluding hydrogens is 374 g/mol. The van der Waals surface area contributed by atoms with Crippen molar-refractivity contribution in [2.45, 2.75) is 31.1 Å². The number of anilines is 1. The maximum absolute atomic E-state index is 13.1. The zero-order chi connectivity index (χ0) is 18.6. The average Bonchev–Trinajstić information content (AvgIpc) is 2.98. The fraction of sp³-hybridized carbons (Fsp3) is 0.357. The molecule has 7 nitrogen and oxygen atoms in total. The normalized spacial score (nSPS) is 11.7. The number of amides is 1. The van der Waals surface area contributed by atoms with Crippen LogP contribution in [0.5, 0.6) is 0 Å². The lowest BCUT2D eigenvalue weighted by Gasteiger charge is -2.07. The molecule has 0 unspecified atom stereocenters. The second kappa shape index (κ2) is 7.93. The Bertz CT molecular complexity index is 869. The molecule has 0 aliphatic carbocycles. The van der Waals surface area contributed by atoms with Crippen molar-refractivity contribution in [3.05, 3.63) is 34.8 Å². The highest BCUT2D eigenvalue weighted by Crippen LogP contribution is 2.22. The Morgan fingerprint density at radius 1 is 1.24 bits per heavy atom. The smallest absolute Gasteiger partial charge is 0.240 e. The fourth-order valence-electron chi connectivity index (χ4n) is 1.73. The van der Waals surface area contributed by atoms with Crippen LogP contribution in [-0.2, 0) is 14.8 Å². The Balaban J connectivity index is 1.88. The van der Waals surface area contributed by atoms with Crippen LogP contribution in [0.1, 0.15) is 31.2 Å². The highest BCUT2D eigenvalue weighted by molar-refractivity contribution is 7.89. The molecule has 1 heterocycles. The minimum atomic E-state index is -4.04. The minimum absolute atomic E-state index is 0.153. The van der Waals surface area contributed by atoms with Crippen LogP contribution in [0.2, 0.25) is 0 Å². The molecule has 1 aromatic heterocycles. The van der Waals surface area contributed by atoms with Crippen LogP contribution in [0.4, 0.5) is 13.9 Å². The summed E-state index contributed by atoms with van der Waals surface area (Å²) in [7, 11) is -4.04. The molecule has 1 aromatic carbocycles. The van der Waals surface area contributed by atoms with Crippen LogP contribution >= 0.6 is 11.3 Å². The number of benzene rings is 1. The summed E-state index contributed by atoms with van der Waals surface area (Å²) in [6.45, 7) is 3.68. The van der Waals surface area contributed by atoms with Crippen molar-refractivity contribution in [3.8, 4) is 0 Å². The molecule has 1 amide bonds. The van der Waals surface area contributed by atoms with Crippen molar-refractivity contribution in [2.75, 3.05) is 11.9 Å². The van der Waals surface area contributed by atoms with Crippen LogP contribution in [0.25, 0.3) is 0 Å². The van der Waals surface area contributed by atoms with E-state index in [1.165, 1.54) is 11.3 Å². The van der Waals surface area contributed by atoms with E-state index in [1.807, 2.05) is 13.8 Å². The van der Waals surface area contributed by atoms with E-state index < -0.39 is 32.5 Å². The second-order valence-electron chi connectivity index (χ2n) is 5.37. The average molecular weight is 390 g/mol. The number of carbonyl (C=O) groups excluding carboxylic acids is 1. The molecule has 0 saturated heterocycles. The van der Waals surface area contributed by atoms with Gasteiger partial charge in [0.25, 0.3) is 0 Å². The van der Waals surface area contributed by atoms with Gasteiger partial charge in [-0.15, -0.1) is 10.2 Å². The van der Waals surface area contributed by atoms with E-state index in [1.54, 1.807) is 0 Å². The predicted octanol–water partition coefficient (Wildman–Crippen LogP) is 2.25. The van der Waals surface area contributed by atoms with Crippen LogP contribution in [-0.4, -0.2) is 31.1 Å². The van der Waals surface area contributed by atoms with Crippen LogP contribution in [0.15, 0.2) is 23.1 Å². The first-order valence-electron chi connectivity index (χ1n) is 7.27. The van der Waals surface area contributed by atoms with Crippen molar-refractivity contribution in [1.82, 2.24) is 14.9 Å². The van der Waals surface area contributed by atoms with Gasteiger partial charge in [0.15, 0.2) is 11.6 Å². The van der Waals surface area contributed by atoms with Gasteiger partial charge in [-0.05, 0) is 18.2 Å². The zero-order valence-corrected chi connectivity index (χ0v) is 15.0. The Morgan fingerprint density at radius 2 is 1.96 bits per heavy atom. The molecule has 0 saturated carbocycles. The predicted molar refractivity (Wildman–Crippen MR) is 88.8 cm³/mol. The van der Waals surface area contributed by atoms with Gasteiger partial charge in [-0.1, -0.05) is 25.2 Å². The number of aromatic nitrogens is 2. The van der Waals surface area contributed by atoms with Gasteiger partial charge in [-0.2, -0.15) is 0 Å². The van der Waals surface area contributed by atoms with Crippen molar-refractivity contribution >= 4 is 32.4 Å². The van der Waals surface area contributed by atoms with Crippen LogP contribution in [0, 0.1) is 11.6 Å². The van der Waals surface area contributed by atoms with E-state index >= 15 is 0 Å². The summed E-state index contributed by atoms with van der Waals surface area (Å²) in [4.78, 5) is 11.4. The molecular formula is C14H16F2N4O3S2. The monoisotopic (exact) mass is 390 g/mol. The maximum atomic E-state index is 13.1. The molecule has 2 aromatic rings. The molecule has 0 bridgehead atoms. The second-order valence-corrected chi connectivity index (χ2v) is 8.15. The number of carbonyl (C=O) groups is 1. The number of hydrogen-bond donors (Lipinski definition) is 2. The molecule has 0 aliphatic rings. The molecule has 25 heavy (non-hydrogen) atoms. The van der Waals surface area contributed by atoms with Gasteiger partial charge < -0.3 is 5.32 Å². The highest BCUT2D eigenvalue weighted by Gasteiger charge is 2.17. The van der Waals surface area contributed by atoms with Gasteiger partial charge in [0.1, 0.15) is 5.01 Å². The third-order valence-corrected chi connectivity index (χ3v) is 5.62. The standard InChI is InChI=1S/C14H16F2N4O3S2/c1-8(2)13-19-20-14(24-13)18-12(21)5-6-17-25(22,23)9-3-4-10(15)11(16)7-9/h3-4,7-8,17H,5-6H2,1-2H3,(H,18,20,21). The van der Waals surface area contributed by atoms with Crippen molar-refractivity contribution in [3.63, 3.8) is 0 Å². The Kier molecular flexibility index (Phi) is 6.14. The first-order valence-corrected chi connectivity index (χ1v) is 9.57. The number of rotatable bonds is 7. The Hall–Kier alpha value is -1.98. The van der Waals surface area contributed by atoms with Crippen LogP contribution < -0.4 is 10.0 Å². The number of hydrogen-bond acceptors (Lipinski definition) is 6. The van der Waals surface area contributed by atoms with E-state index in [0.29, 0.717) is 11.2 Å². The SMILES string of the molecule is CC(C)c1nnc(NC(=O)CCNS(=O)(=O)c2ccc(F)c(F)c2)s1. The van der Waals surface area contributed by atoms with Gasteiger partial charge in [0.05, 0.1) is 4.90 Å². The lowest BCUT2D eigenvalue weighted by Crippen LogP contribution is -2.28. The van der Waals surface area contributed by atoms with Crippen LogP contribution in [0.3, 0.4) is 0 Å². The molecule has 0 aliphatic heterocycles. The minimum Gasteiger partial charge on any atom is -0.300 e. The molecule has 11 heteroatoms. The summed E-state index contributed by atoms with van der Waals surface area (Å²) in [5.41, 5.74) is 0. The molecule has 0 atom stereocenters.